The molecule has 17 heavy (non-hydrogen) atoms. The second kappa shape index (κ2) is 4.75. The molecule has 0 bridgehead atoms. The van der Waals surface area contributed by atoms with Gasteiger partial charge >= 0.3 is 0 Å². The molecule has 0 radical (unpaired) electrons. The van der Waals surface area contributed by atoms with E-state index in [1.807, 2.05) is 24.3 Å². The number of aliphatic imine (C=N–C) groups is 1. The monoisotopic (exact) mass is 253 g/mol. The van der Waals surface area contributed by atoms with E-state index in [1.54, 1.807) is 0 Å². The number of hydrogen-bond acceptors (Lipinski definition) is 5. The Hall–Kier alpha value is -1.56. The van der Waals surface area contributed by atoms with Crippen LogP contribution >= 0.6 is 0 Å². The van der Waals surface area contributed by atoms with E-state index in [4.69, 9.17) is 0 Å². The van der Waals surface area contributed by atoms with E-state index in [-0.39, 0.29) is 5.75 Å². The minimum Gasteiger partial charge on any atom is -0.355 e. The molecule has 0 fully saturated rings. The Morgan fingerprint density at radius 1 is 1.41 bits per heavy atom. The Morgan fingerprint density at radius 3 is 2.94 bits per heavy atom. The fourth-order valence-corrected chi connectivity index (χ4v) is 2.04. The van der Waals surface area contributed by atoms with Gasteiger partial charge in [-0.1, -0.05) is 18.2 Å². The summed E-state index contributed by atoms with van der Waals surface area (Å²) in [4.78, 5) is 4.29. The largest absolute Gasteiger partial charge is 0.355 e. The van der Waals surface area contributed by atoms with Crippen molar-refractivity contribution in [2.24, 2.45) is 4.99 Å². The number of fused-ring (bicyclic) bond motifs is 1. The van der Waals surface area contributed by atoms with Gasteiger partial charge in [-0.25, -0.2) is 13.4 Å². The lowest BCUT2D eigenvalue weighted by Crippen LogP contribution is -2.36. The zero-order chi connectivity index (χ0) is 12.3. The van der Waals surface area contributed by atoms with Crippen LogP contribution in [-0.4, -0.2) is 32.9 Å². The van der Waals surface area contributed by atoms with Crippen molar-refractivity contribution in [2.45, 2.75) is 6.54 Å². The summed E-state index contributed by atoms with van der Waals surface area (Å²) in [6.45, 7) is 0.983. The maximum Gasteiger partial charge on any atom is 0.196 e. The zero-order valence-corrected chi connectivity index (χ0v) is 10.4. The summed E-state index contributed by atoms with van der Waals surface area (Å²) in [6.07, 6.45) is 1.22. The first-order valence-corrected chi connectivity index (χ1v) is 7.42. The fraction of sp³-hybridized carbons (Fsp3) is 0.364. The van der Waals surface area contributed by atoms with Crippen LogP contribution < -0.4 is 10.6 Å². The number of benzene rings is 1. The molecule has 1 aromatic rings. The second-order valence-electron chi connectivity index (χ2n) is 4.00. The van der Waals surface area contributed by atoms with Crippen LogP contribution in [0.15, 0.2) is 29.3 Å². The predicted molar refractivity (Wildman–Crippen MR) is 68.9 cm³/mol. The molecule has 0 atom stereocenters. The van der Waals surface area contributed by atoms with Gasteiger partial charge in [0.1, 0.15) is 9.84 Å². The maximum absolute atomic E-state index is 11.0. The highest BCUT2D eigenvalue weighted by molar-refractivity contribution is 7.90. The highest BCUT2D eigenvalue weighted by atomic mass is 32.2. The van der Waals surface area contributed by atoms with E-state index in [0.29, 0.717) is 19.0 Å². The van der Waals surface area contributed by atoms with Gasteiger partial charge in [0.05, 0.1) is 12.3 Å². The second-order valence-corrected chi connectivity index (χ2v) is 6.26. The molecule has 1 aromatic carbocycles. The summed E-state index contributed by atoms with van der Waals surface area (Å²) in [7, 11) is -2.93. The molecule has 1 aliphatic rings. The van der Waals surface area contributed by atoms with Crippen LogP contribution in [-0.2, 0) is 16.4 Å². The Bertz CT molecular complexity index is 537. The number of anilines is 1. The van der Waals surface area contributed by atoms with Gasteiger partial charge in [-0.05, 0) is 11.6 Å². The van der Waals surface area contributed by atoms with Gasteiger partial charge in [0, 0.05) is 18.5 Å². The van der Waals surface area contributed by atoms with Crippen molar-refractivity contribution in [2.75, 3.05) is 23.9 Å². The molecule has 1 heterocycles. The number of para-hydroxylation sites is 1. The number of hydrogen-bond donors (Lipinski definition) is 2. The summed E-state index contributed by atoms with van der Waals surface area (Å²) >= 11 is 0. The third-order valence-corrected chi connectivity index (χ3v) is 3.39. The van der Waals surface area contributed by atoms with Crippen LogP contribution in [0.3, 0.4) is 0 Å². The van der Waals surface area contributed by atoms with Crippen LogP contribution in [0.4, 0.5) is 5.69 Å². The average molecular weight is 253 g/mol. The minimum atomic E-state index is -2.93. The lowest BCUT2D eigenvalue weighted by Gasteiger charge is -2.18. The van der Waals surface area contributed by atoms with Crippen molar-refractivity contribution in [3.05, 3.63) is 29.8 Å². The molecule has 0 aromatic heterocycles. The maximum atomic E-state index is 11.0. The Kier molecular flexibility index (Phi) is 3.33. The molecular formula is C11H15N3O2S. The topological polar surface area (TPSA) is 70.6 Å². The van der Waals surface area contributed by atoms with E-state index >= 15 is 0 Å². The third kappa shape index (κ3) is 3.45. The zero-order valence-electron chi connectivity index (χ0n) is 9.60. The third-order valence-electron chi connectivity index (χ3n) is 2.44. The average Bonchev–Trinajstić information content (AvgIpc) is 2.27. The molecule has 0 saturated carbocycles. The number of nitrogens with one attached hydrogen (secondary N) is 2. The van der Waals surface area contributed by atoms with Crippen LogP contribution in [0.25, 0.3) is 0 Å². The highest BCUT2D eigenvalue weighted by Gasteiger charge is 2.10. The van der Waals surface area contributed by atoms with Crippen LogP contribution in [0.5, 0.6) is 0 Å². The number of rotatable bonds is 3. The molecule has 0 amide bonds. The van der Waals surface area contributed by atoms with Gasteiger partial charge in [-0.15, -0.1) is 0 Å². The summed E-state index contributed by atoms with van der Waals surface area (Å²) in [5, 5.41) is 6.11. The number of guanidine groups is 1. The van der Waals surface area contributed by atoms with E-state index in [9.17, 15) is 8.42 Å². The summed E-state index contributed by atoms with van der Waals surface area (Å²) in [5.41, 5.74) is 2.16. The molecule has 92 valence electrons. The number of sulfone groups is 1. The minimum absolute atomic E-state index is 0.106. The Labute approximate surface area is 101 Å². The summed E-state index contributed by atoms with van der Waals surface area (Å²) in [5.74, 6) is 0.738. The molecule has 0 spiro atoms. The first-order chi connectivity index (χ1) is 8.04. The molecule has 0 saturated heterocycles. The quantitative estimate of drug-likeness (QED) is 0.827. The molecular weight excluding hydrogens is 238 g/mol. The molecule has 6 heteroatoms. The van der Waals surface area contributed by atoms with E-state index < -0.39 is 9.84 Å². The van der Waals surface area contributed by atoms with E-state index in [2.05, 4.69) is 15.6 Å². The van der Waals surface area contributed by atoms with Gasteiger partial charge in [-0.3, -0.25) is 0 Å². The summed E-state index contributed by atoms with van der Waals surface area (Å²) < 4.78 is 21.9. The van der Waals surface area contributed by atoms with Gasteiger partial charge < -0.3 is 10.6 Å². The van der Waals surface area contributed by atoms with Gasteiger partial charge in [0.25, 0.3) is 0 Å². The molecule has 2 N–H and O–H groups in total. The van der Waals surface area contributed by atoms with E-state index in [0.717, 1.165) is 11.3 Å². The lowest BCUT2D eigenvalue weighted by molar-refractivity contribution is 0.600. The first kappa shape index (κ1) is 11.9. The van der Waals surface area contributed by atoms with Crippen LogP contribution in [0.1, 0.15) is 5.56 Å². The fourth-order valence-electron chi connectivity index (χ4n) is 1.57. The van der Waals surface area contributed by atoms with Crippen LogP contribution in [0, 0.1) is 0 Å². The van der Waals surface area contributed by atoms with Gasteiger partial charge in [-0.2, -0.15) is 0 Å². The van der Waals surface area contributed by atoms with Gasteiger partial charge in [0.2, 0.25) is 0 Å². The molecule has 2 rings (SSSR count). The molecule has 5 nitrogen and oxygen atoms in total. The van der Waals surface area contributed by atoms with Crippen molar-refractivity contribution in [1.29, 1.82) is 0 Å². The van der Waals surface area contributed by atoms with Crippen molar-refractivity contribution >= 4 is 21.5 Å². The Balaban J connectivity index is 1.92. The van der Waals surface area contributed by atoms with Crippen molar-refractivity contribution in [1.82, 2.24) is 5.32 Å². The number of nitrogens with zero attached hydrogens (tertiary/aromatic N) is 1. The normalized spacial score (nSPS) is 14.5. The van der Waals surface area contributed by atoms with E-state index in [1.165, 1.54) is 6.26 Å². The lowest BCUT2D eigenvalue weighted by atomic mass is 10.1. The standard InChI is InChI=1S/C11H15N3O2S/c1-17(15,16)7-6-12-11-13-8-9-4-2-3-5-10(9)14-11/h2-5H,6-8H2,1H3,(H2,12,13,14). The SMILES string of the molecule is CS(=O)(=O)CCNC1=NCc2ccccc2N1. The molecule has 0 unspecified atom stereocenters. The Morgan fingerprint density at radius 2 is 2.18 bits per heavy atom. The smallest absolute Gasteiger partial charge is 0.196 e. The van der Waals surface area contributed by atoms with Crippen molar-refractivity contribution in [3.63, 3.8) is 0 Å². The van der Waals surface area contributed by atoms with Crippen molar-refractivity contribution in [3.8, 4) is 0 Å². The first-order valence-electron chi connectivity index (χ1n) is 5.35. The predicted octanol–water partition coefficient (Wildman–Crippen LogP) is 0.602. The highest BCUT2D eigenvalue weighted by Crippen LogP contribution is 2.18. The van der Waals surface area contributed by atoms with Crippen LogP contribution in [0.2, 0.25) is 0 Å². The summed E-state index contributed by atoms with van der Waals surface area (Å²) in [6, 6.07) is 7.91. The van der Waals surface area contributed by atoms with Crippen molar-refractivity contribution < 1.29 is 8.42 Å². The van der Waals surface area contributed by atoms with Gasteiger partial charge in [0.15, 0.2) is 5.96 Å². The molecule has 1 aliphatic heterocycles. The molecule has 0 aliphatic carbocycles.